The summed E-state index contributed by atoms with van der Waals surface area (Å²) in [6.07, 6.45) is 0. The first-order valence-corrected chi connectivity index (χ1v) is 11.4. The van der Waals surface area contributed by atoms with Crippen LogP contribution in [0.3, 0.4) is 0 Å². The molecule has 0 radical (unpaired) electrons. The van der Waals surface area contributed by atoms with Gasteiger partial charge < -0.3 is 9.84 Å². The molecule has 3 aromatic rings. The smallest absolute Gasteiger partial charge is 0.350 e. The molecule has 1 aliphatic rings. The van der Waals surface area contributed by atoms with Crippen molar-refractivity contribution in [3.05, 3.63) is 86.6 Å². The Hall–Kier alpha value is -3.56. The van der Waals surface area contributed by atoms with Gasteiger partial charge in [0.25, 0.3) is 5.78 Å². The van der Waals surface area contributed by atoms with E-state index < -0.39 is 35.3 Å². The summed E-state index contributed by atoms with van der Waals surface area (Å²) < 4.78 is 18.5. The summed E-state index contributed by atoms with van der Waals surface area (Å²) in [5, 5.41) is 11.5. The lowest BCUT2D eigenvalue weighted by Crippen LogP contribution is -2.29. The highest BCUT2D eigenvalue weighted by Crippen LogP contribution is 2.44. The number of hydrogen-bond donors (Lipinski definition) is 1. The van der Waals surface area contributed by atoms with Crippen LogP contribution in [-0.4, -0.2) is 34.4 Å². The first kappa shape index (κ1) is 23.6. The van der Waals surface area contributed by atoms with E-state index in [1.807, 2.05) is 0 Å². The topological polar surface area (TPSA) is 96.8 Å². The molecule has 1 N–H and O–H groups in total. The highest BCUT2D eigenvalue weighted by atomic mass is 35.5. The van der Waals surface area contributed by atoms with Crippen LogP contribution in [0.1, 0.15) is 39.5 Å². The average molecular weight is 501 g/mol. The number of aliphatic hydroxyl groups excluding tert-OH is 1. The minimum Gasteiger partial charge on any atom is -0.507 e. The Balaban J connectivity index is 1.90. The van der Waals surface area contributed by atoms with Gasteiger partial charge in [0.2, 0.25) is 0 Å². The van der Waals surface area contributed by atoms with Crippen LogP contribution in [0.25, 0.3) is 5.76 Å². The number of Topliss-reactive ketones (excluding diaryl/α,β-unsaturated/α-hetero) is 1. The van der Waals surface area contributed by atoms with Gasteiger partial charge in [0.15, 0.2) is 5.13 Å². The number of aliphatic hydroxyl groups is 1. The number of nitrogens with zero attached hydrogens (tertiary/aromatic N) is 2. The number of esters is 1. The first-order chi connectivity index (χ1) is 16.2. The van der Waals surface area contributed by atoms with Crippen molar-refractivity contribution >= 4 is 51.5 Å². The molecule has 1 saturated heterocycles. The summed E-state index contributed by atoms with van der Waals surface area (Å²) >= 11 is 6.93. The molecule has 7 nitrogen and oxygen atoms in total. The van der Waals surface area contributed by atoms with Crippen LogP contribution >= 0.6 is 22.9 Å². The fourth-order valence-corrected chi connectivity index (χ4v) is 4.74. The molecular weight excluding hydrogens is 483 g/mol. The largest absolute Gasteiger partial charge is 0.507 e. The summed E-state index contributed by atoms with van der Waals surface area (Å²) in [4.78, 5) is 44.3. The van der Waals surface area contributed by atoms with E-state index >= 15 is 0 Å². The number of carbonyl (C=O) groups is 3. The molecule has 4 rings (SSSR count). The SMILES string of the molecule is CCOC(=O)c1sc(N2C(=O)C(=O)/C(=C(/O)c3ccc(F)cc3)[C@@H]2c2ccc(Cl)cc2)nc1C. The van der Waals surface area contributed by atoms with Crippen LogP contribution < -0.4 is 4.90 Å². The number of aromatic nitrogens is 1. The third kappa shape index (κ3) is 4.20. The lowest BCUT2D eigenvalue weighted by atomic mass is 9.95. The molecule has 1 aromatic heterocycles. The number of benzene rings is 2. The van der Waals surface area contributed by atoms with Gasteiger partial charge in [0.05, 0.1) is 23.9 Å². The number of thiazole rings is 1. The number of hydrogen-bond acceptors (Lipinski definition) is 7. The third-order valence-corrected chi connectivity index (χ3v) is 6.59. The van der Waals surface area contributed by atoms with Crippen molar-refractivity contribution in [2.45, 2.75) is 19.9 Å². The summed E-state index contributed by atoms with van der Waals surface area (Å²) in [5.74, 6) is -3.43. The standard InChI is InChI=1S/C24H18ClFN2O5S/c1-3-33-23(32)21-12(2)27-24(34-21)28-18(13-4-8-15(25)9-5-13)17(20(30)22(28)31)19(29)14-6-10-16(26)11-7-14/h4-11,18,29H,3H2,1-2H3/b19-17+/t18-/m0/s1. The van der Waals surface area contributed by atoms with E-state index in [4.69, 9.17) is 16.3 Å². The van der Waals surface area contributed by atoms with E-state index in [2.05, 4.69) is 4.98 Å². The molecule has 1 aliphatic heterocycles. The Morgan fingerprint density at radius 1 is 1.18 bits per heavy atom. The van der Waals surface area contributed by atoms with Crippen molar-refractivity contribution in [1.82, 2.24) is 4.98 Å². The molecule has 174 valence electrons. The van der Waals surface area contributed by atoms with Crippen molar-refractivity contribution in [1.29, 1.82) is 0 Å². The van der Waals surface area contributed by atoms with Crippen LogP contribution in [-0.2, 0) is 14.3 Å². The Labute approximate surface area is 203 Å². The van der Waals surface area contributed by atoms with Crippen molar-refractivity contribution in [2.75, 3.05) is 11.5 Å². The Morgan fingerprint density at radius 2 is 1.82 bits per heavy atom. The Morgan fingerprint density at radius 3 is 2.44 bits per heavy atom. The Bertz CT molecular complexity index is 1320. The molecule has 2 heterocycles. The minimum atomic E-state index is -1.05. The van der Waals surface area contributed by atoms with E-state index in [9.17, 15) is 23.9 Å². The maximum Gasteiger partial charge on any atom is 0.350 e. The number of halogens is 2. The quantitative estimate of drug-likeness (QED) is 0.228. The maximum atomic E-state index is 13.4. The minimum absolute atomic E-state index is 0.0979. The van der Waals surface area contributed by atoms with Crippen molar-refractivity contribution in [2.24, 2.45) is 0 Å². The highest BCUT2D eigenvalue weighted by Gasteiger charge is 2.48. The number of aryl methyl sites for hydroxylation is 1. The third-order valence-electron chi connectivity index (χ3n) is 5.20. The highest BCUT2D eigenvalue weighted by molar-refractivity contribution is 7.17. The zero-order valence-corrected chi connectivity index (χ0v) is 19.6. The van der Waals surface area contributed by atoms with Crippen LogP contribution in [0.2, 0.25) is 5.02 Å². The van der Waals surface area contributed by atoms with Crippen LogP contribution in [0, 0.1) is 12.7 Å². The number of amides is 1. The number of ketones is 1. The predicted octanol–water partition coefficient (Wildman–Crippen LogP) is 5.05. The van der Waals surface area contributed by atoms with Gasteiger partial charge in [-0.05, 0) is 55.8 Å². The molecule has 10 heteroatoms. The predicted molar refractivity (Wildman–Crippen MR) is 125 cm³/mol. The number of rotatable bonds is 5. The molecule has 34 heavy (non-hydrogen) atoms. The van der Waals surface area contributed by atoms with E-state index in [0.717, 1.165) is 28.4 Å². The van der Waals surface area contributed by atoms with Crippen LogP contribution in [0.15, 0.2) is 54.1 Å². The lowest BCUT2D eigenvalue weighted by Gasteiger charge is -2.23. The van der Waals surface area contributed by atoms with E-state index in [1.54, 1.807) is 38.1 Å². The van der Waals surface area contributed by atoms with Crippen molar-refractivity contribution < 1.29 is 28.6 Å². The average Bonchev–Trinajstić information content (AvgIpc) is 3.31. The van der Waals surface area contributed by atoms with Gasteiger partial charge in [0, 0.05) is 10.6 Å². The second kappa shape index (κ2) is 9.36. The van der Waals surface area contributed by atoms with Gasteiger partial charge in [-0.15, -0.1) is 0 Å². The molecule has 0 unspecified atom stereocenters. The van der Waals surface area contributed by atoms with Gasteiger partial charge >= 0.3 is 11.9 Å². The first-order valence-electron chi connectivity index (χ1n) is 10.2. The number of anilines is 1. The summed E-state index contributed by atoms with van der Waals surface area (Å²) in [6, 6.07) is 10.3. The summed E-state index contributed by atoms with van der Waals surface area (Å²) in [7, 11) is 0. The maximum absolute atomic E-state index is 13.4. The zero-order chi connectivity index (χ0) is 24.6. The molecule has 0 aliphatic carbocycles. The van der Waals surface area contributed by atoms with E-state index in [1.165, 1.54) is 12.1 Å². The molecule has 1 fully saturated rings. The lowest BCUT2D eigenvalue weighted by molar-refractivity contribution is -0.132. The second-order valence-corrected chi connectivity index (χ2v) is 8.77. The van der Waals surface area contributed by atoms with Crippen LogP contribution in [0.4, 0.5) is 9.52 Å². The van der Waals surface area contributed by atoms with E-state index in [-0.39, 0.29) is 27.8 Å². The summed E-state index contributed by atoms with van der Waals surface area (Å²) in [5.41, 5.74) is 0.803. The van der Waals surface area contributed by atoms with Crippen molar-refractivity contribution in [3.63, 3.8) is 0 Å². The monoisotopic (exact) mass is 500 g/mol. The zero-order valence-electron chi connectivity index (χ0n) is 18.0. The molecule has 0 spiro atoms. The van der Waals surface area contributed by atoms with Crippen LogP contribution in [0.5, 0.6) is 0 Å². The van der Waals surface area contributed by atoms with Gasteiger partial charge in [-0.25, -0.2) is 14.2 Å². The van der Waals surface area contributed by atoms with Gasteiger partial charge in [-0.2, -0.15) is 0 Å². The van der Waals surface area contributed by atoms with Gasteiger partial charge in [0.1, 0.15) is 16.5 Å². The fourth-order valence-electron chi connectivity index (χ4n) is 3.62. The Kier molecular flexibility index (Phi) is 6.49. The molecule has 1 atom stereocenters. The summed E-state index contributed by atoms with van der Waals surface area (Å²) in [6.45, 7) is 3.43. The number of carbonyl (C=O) groups excluding carboxylic acids is 3. The fraction of sp³-hybridized carbons (Fsp3) is 0.167. The normalized spacial score (nSPS) is 17.3. The van der Waals surface area contributed by atoms with Gasteiger partial charge in [-0.3, -0.25) is 14.5 Å². The molecule has 2 aromatic carbocycles. The molecular formula is C24H18ClFN2O5S. The molecule has 0 bridgehead atoms. The van der Waals surface area contributed by atoms with Gasteiger partial charge in [-0.1, -0.05) is 35.1 Å². The van der Waals surface area contributed by atoms with E-state index in [0.29, 0.717) is 16.3 Å². The number of ether oxygens (including phenoxy) is 1. The molecule has 0 saturated carbocycles. The second-order valence-electron chi connectivity index (χ2n) is 7.36. The molecule has 1 amide bonds. The van der Waals surface area contributed by atoms with Crippen molar-refractivity contribution in [3.8, 4) is 0 Å².